The quantitative estimate of drug-likeness (QED) is 0.568. The molecule has 6 nitrogen and oxygen atoms in total. The van der Waals surface area contributed by atoms with E-state index < -0.39 is 11.1 Å². The smallest absolute Gasteiger partial charge is 0.411 e. The molecule has 0 N–H and O–H groups in total. The molecular formula is C23H37NO5. The van der Waals surface area contributed by atoms with Gasteiger partial charge in [-0.2, -0.15) is 0 Å². The fourth-order valence-corrected chi connectivity index (χ4v) is 4.09. The summed E-state index contributed by atoms with van der Waals surface area (Å²) < 4.78 is 22.3. The second-order valence-electron chi connectivity index (χ2n) is 8.87. The third kappa shape index (κ3) is 5.35. The van der Waals surface area contributed by atoms with Gasteiger partial charge < -0.3 is 18.9 Å². The van der Waals surface area contributed by atoms with E-state index in [-0.39, 0.29) is 12.0 Å². The van der Waals surface area contributed by atoms with Gasteiger partial charge in [-0.1, -0.05) is 19.9 Å². The van der Waals surface area contributed by atoms with E-state index in [1.165, 1.54) is 0 Å². The van der Waals surface area contributed by atoms with Crippen molar-refractivity contribution in [3.8, 4) is 11.5 Å². The van der Waals surface area contributed by atoms with Crippen LogP contribution in [-0.2, 0) is 15.0 Å². The molecule has 1 amide bonds. The number of hydrogen-bond donors (Lipinski definition) is 0. The van der Waals surface area contributed by atoms with Crippen molar-refractivity contribution in [3.63, 3.8) is 0 Å². The zero-order valence-corrected chi connectivity index (χ0v) is 19.0. The minimum atomic E-state index is -0.530. The van der Waals surface area contributed by atoms with Crippen LogP contribution in [0.25, 0.3) is 0 Å². The van der Waals surface area contributed by atoms with Crippen molar-refractivity contribution in [2.75, 3.05) is 34.0 Å². The highest BCUT2D eigenvalue weighted by atomic mass is 16.6. The molecule has 1 aliphatic heterocycles. The lowest BCUT2D eigenvalue weighted by atomic mass is 9.77. The molecule has 0 bridgehead atoms. The van der Waals surface area contributed by atoms with E-state index in [1.807, 2.05) is 43.9 Å². The number of amides is 1. The summed E-state index contributed by atoms with van der Waals surface area (Å²) in [5.41, 5.74) is 0.0929. The SMILES string of the molecule is COCCCOc1cc(C2(C(C)C)CCCN2C(=O)OC(C)(C)C)ccc1OC. The minimum absolute atomic E-state index is 0.215. The summed E-state index contributed by atoms with van der Waals surface area (Å²) in [6, 6.07) is 5.99. The van der Waals surface area contributed by atoms with E-state index in [2.05, 4.69) is 13.8 Å². The van der Waals surface area contributed by atoms with E-state index in [0.717, 1.165) is 24.8 Å². The summed E-state index contributed by atoms with van der Waals surface area (Å²) in [5.74, 6) is 1.59. The zero-order chi connectivity index (χ0) is 21.7. The van der Waals surface area contributed by atoms with E-state index in [1.54, 1.807) is 14.2 Å². The van der Waals surface area contributed by atoms with Gasteiger partial charge in [0.15, 0.2) is 11.5 Å². The van der Waals surface area contributed by atoms with Crippen LogP contribution in [0.1, 0.15) is 59.4 Å². The highest BCUT2D eigenvalue weighted by Gasteiger charge is 2.49. The van der Waals surface area contributed by atoms with Crippen LogP contribution in [0.3, 0.4) is 0 Å². The molecule has 1 atom stereocenters. The van der Waals surface area contributed by atoms with Crippen molar-refractivity contribution < 1.29 is 23.7 Å². The first-order chi connectivity index (χ1) is 13.7. The molecule has 1 aromatic rings. The third-order valence-electron chi connectivity index (χ3n) is 5.40. The Kier molecular flexibility index (Phi) is 7.80. The van der Waals surface area contributed by atoms with Crippen molar-refractivity contribution in [1.82, 2.24) is 4.90 Å². The van der Waals surface area contributed by atoms with Gasteiger partial charge in [0.1, 0.15) is 5.60 Å². The normalized spacial score (nSPS) is 19.5. The van der Waals surface area contributed by atoms with Crippen molar-refractivity contribution in [3.05, 3.63) is 23.8 Å². The lowest BCUT2D eigenvalue weighted by molar-refractivity contribution is -0.00322. The largest absolute Gasteiger partial charge is 0.493 e. The molecular weight excluding hydrogens is 370 g/mol. The Bertz CT molecular complexity index is 682. The highest BCUT2D eigenvalue weighted by molar-refractivity contribution is 5.70. The van der Waals surface area contributed by atoms with E-state index in [9.17, 15) is 4.79 Å². The zero-order valence-electron chi connectivity index (χ0n) is 19.0. The Labute approximate surface area is 175 Å². The molecule has 1 fully saturated rings. The van der Waals surface area contributed by atoms with Crippen molar-refractivity contribution in [2.24, 2.45) is 5.92 Å². The Morgan fingerprint density at radius 3 is 2.48 bits per heavy atom. The molecule has 0 saturated carbocycles. The molecule has 1 heterocycles. The van der Waals surface area contributed by atoms with Crippen LogP contribution in [0, 0.1) is 5.92 Å². The maximum absolute atomic E-state index is 13.0. The van der Waals surface area contributed by atoms with Gasteiger partial charge in [-0.05, 0) is 57.2 Å². The molecule has 0 aliphatic carbocycles. The average molecular weight is 408 g/mol. The first-order valence-corrected chi connectivity index (χ1v) is 10.5. The van der Waals surface area contributed by atoms with Crippen LogP contribution in [0.4, 0.5) is 4.79 Å². The molecule has 1 unspecified atom stereocenters. The van der Waals surface area contributed by atoms with Crippen LogP contribution in [0.2, 0.25) is 0 Å². The maximum atomic E-state index is 13.0. The molecule has 0 radical (unpaired) electrons. The molecule has 6 heteroatoms. The van der Waals surface area contributed by atoms with Crippen LogP contribution >= 0.6 is 0 Å². The Balaban J connectivity index is 2.39. The number of nitrogens with zero attached hydrogens (tertiary/aromatic N) is 1. The van der Waals surface area contributed by atoms with E-state index in [0.29, 0.717) is 31.3 Å². The van der Waals surface area contributed by atoms with Gasteiger partial charge in [0, 0.05) is 26.7 Å². The van der Waals surface area contributed by atoms with Gasteiger partial charge >= 0.3 is 6.09 Å². The molecule has 2 rings (SSSR count). The number of methoxy groups -OCH3 is 2. The number of ether oxygens (including phenoxy) is 4. The number of hydrogen-bond acceptors (Lipinski definition) is 5. The molecule has 29 heavy (non-hydrogen) atoms. The summed E-state index contributed by atoms with van der Waals surface area (Å²) in [6.07, 6.45) is 2.36. The van der Waals surface area contributed by atoms with Crippen LogP contribution in [0.15, 0.2) is 18.2 Å². The maximum Gasteiger partial charge on any atom is 0.411 e. The summed E-state index contributed by atoms with van der Waals surface area (Å²) in [6.45, 7) is 11.9. The van der Waals surface area contributed by atoms with E-state index >= 15 is 0 Å². The van der Waals surface area contributed by atoms with Crippen molar-refractivity contribution in [1.29, 1.82) is 0 Å². The predicted molar refractivity (Wildman–Crippen MR) is 114 cm³/mol. The average Bonchev–Trinajstić information content (AvgIpc) is 3.10. The van der Waals surface area contributed by atoms with E-state index in [4.69, 9.17) is 18.9 Å². The molecule has 1 saturated heterocycles. The van der Waals surface area contributed by atoms with Crippen molar-refractivity contribution >= 4 is 6.09 Å². The topological polar surface area (TPSA) is 57.2 Å². The van der Waals surface area contributed by atoms with Gasteiger partial charge in [-0.25, -0.2) is 4.79 Å². The first-order valence-electron chi connectivity index (χ1n) is 10.5. The summed E-state index contributed by atoms with van der Waals surface area (Å²) in [4.78, 5) is 14.9. The standard InChI is InChI=1S/C23H37NO5/c1-17(2)23(12-8-13-24(23)21(25)29-22(3,4)5)18-10-11-19(27-7)20(16-18)28-15-9-14-26-6/h10-11,16-17H,8-9,12-15H2,1-7H3. The fourth-order valence-electron chi connectivity index (χ4n) is 4.09. The number of carbonyl (C=O) groups excluding carboxylic acids is 1. The molecule has 164 valence electrons. The van der Waals surface area contributed by atoms with Gasteiger partial charge in [-0.3, -0.25) is 4.90 Å². The predicted octanol–water partition coefficient (Wildman–Crippen LogP) is 4.99. The first kappa shape index (κ1) is 23.3. The monoisotopic (exact) mass is 407 g/mol. The number of carbonyl (C=O) groups is 1. The molecule has 0 spiro atoms. The Morgan fingerprint density at radius 2 is 1.90 bits per heavy atom. The Hall–Kier alpha value is -1.95. The van der Waals surface area contributed by atoms with Crippen LogP contribution in [-0.4, -0.2) is 50.6 Å². The summed E-state index contributed by atoms with van der Waals surface area (Å²) in [7, 11) is 3.32. The van der Waals surface area contributed by atoms with Gasteiger partial charge in [0.05, 0.1) is 19.3 Å². The number of likely N-dealkylation sites (tertiary alicyclic amines) is 1. The van der Waals surface area contributed by atoms with Gasteiger partial charge in [-0.15, -0.1) is 0 Å². The molecule has 0 aromatic heterocycles. The van der Waals surface area contributed by atoms with Crippen LogP contribution in [0.5, 0.6) is 11.5 Å². The van der Waals surface area contributed by atoms with Gasteiger partial charge in [0.2, 0.25) is 0 Å². The molecule has 1 aliphatic rings. The number of rotatable bonds is 8. The highest BCUT2D eigenvalue weighted by Crippen LogP contribution is 2.47. The summed E-state index contributed by atoms with van der Waals surface area (Å²) >= 11 is 0. The second kappa shape index (κ2) is 9.70. The third-order valence-corrected chi connectivity index (χ3v) is 5.40. The second-order valence-corrected chi connectivity index (χ2v) is 8.87. The molecule has 1 aromatic carbocycles. The van der Waals surface area contributed by atoms with Gasteiger partial charge in [0.25, 0.3) is 0 Å². The minimum Gasteiger partial charge on any atom is -0.493 e. The lowest BCUT2D eigenvalue weighted by Crippen LogP contribution is -2.50. The van der Waals surface area contributed by atoms with Crippen LogP contribution < -0.4 is 9.47 Å². The number of benzene rings is 1. The Morgan fingerprint density at radius 1 is 1.17 bits per heavy atom. The van der Waals surface area contributed by atoms with Crippen molar-refractivity contribution in [2.45, 2.75) is 65.0 Å². The fraction of sp³-hybridized carbons (Fsp3) is 0.696. The lowest BCUT2D eigenvalue weighted by Gasteiger charge is -2.43. The summed E-state index contributed by atoms with van der Waals surface area (Å²) in [5, 5.41) is 0.